The number of aromatic nitrogens is 2. The fourth-order valence-electron chi connectivity index (χ4n) is 2.62. The second kappa shape index (κ2) is 7.19. The Morgan fingerprint density at radius 2 is 2.28 bits per heavy atom. The van der Waals surface area contributed by atoms with Crippen LogP contribution in [0.25, 0.3) is 0 Å². The van der Waals surface area contributed by atoms with Gasteiger partial charge < -0.3 is 5.32 Å². The van der Waals surface area contributed by atoms with E-state index in [1.165, 1.54) is 42.9 Å². The van der Waals surface area contributed by atoms with E-state index in [-0.39, 0.29) is 0 Å². The van der Waals surface area contributed by atoms with Gasteiger partial charge in [-0.2, -0.15) is 16.9 Å². The van der Waals surface area contributed by atoms with Crippen LogP contribution < -0.4 is 5.32 Å². The smallest absolute Gasteiger partial charge is 0.0640 e. The lowest BCUT2D eigenvalue weighted by Crippen LogP contribution is -2.30. The summed E-state index contributed by atoms with van der Waals surface area (Å²) in [4.78, 5) is 0. The molecule has 1 aromatic rings. The molecule has 4 heteroatoms. The maximum Gasteiger partial charge on any atom is 0.0640 e. The first-order chi connectivity index (χ1) is 8.83. The van der Waals surface area contributed by atoms with Gasteiger partial charge in [-0.25, -0.2) is 0 Å². The predicted octanol–water partition coefficient (Wildman–Crippen LogP) is 2.88. The van der Waals surface area contributed by atoms with Gasteiger partial charge in [0.1, 0.15) is 0 Å². The molecule has 1 heterocycles. The van der Waals surface area contributed by atoms with Crippen molar-refractivity contribution in [2.75, 3.05) is 18.6 Å². The first-order valence-electron chi connectivity index (χ1n) is 7.12. The van der Waals surface area contributed by atoms with Gasteiger partial charge in [0.15, 0.2) is 0 Å². The van der Waals surface area contributed by atoms with E-state index >= 15 is 0 Å². The van der Waals surface area contributed by atoms with Crippen LogP contribution in [-0.2, 0) is 6.42 Å². The molecule has 0 aliphatic heterocycles. The van der Waals surface area contributed by atoms with Crippen LogP contribution in [0.1, 0.15) is 44.3 Å². The second-order valence-corrected chi connectivity index (χ2v) is 6.39. The summed E-state index contributed by atoms with van der Waals surface area (Å²) in [6.07, 6.45) is 8.57. The van der Waals surface area contributed by atoms with E-state index in [4.69, 9.17) is 5.10 Å². The predicted molar refractivity (Wildman–Crippen MR) is 79.3 cm³/mol. The molecule has 0 saturated heterocycles. The van der Waals surface area contributed by atoms with Crippen molar-refractivity contribution in [2.45, 2.75) is 51.1 Å². The molecule has 1 aliphatic rings. The number of rotatable bonds is 7. The van der Waals surface area contributed by atoms with Crippen LogP contribution in [-0.4, -0.2) is 34.4 Å². The van der Waals surface area contributed by atoms with Gasteiger partial charge in [0.25, 0.3) is 0 Å². The standard InChI is InChI=1S/C14H25N3S/c1-3-18-11-13(15-2)10-12-8-9-17(16-12)14-6-4-5-7-14/h8-9,13-15H,3-7,10-11H2,1-2H3. The molecule has 0 aromatic carbocycles. The fraction of sp³-hybridized carbons (Fsp3) is 0.786. The second-order valence-electron chi connectivity index (χ2n) is 5.07. The Hall–Kier alpha value is -0.480. The molecule has 102 valence electrons. The number of thioether (sulfide) groups is 1. The molecule has 0 bridgehead atoms. The highest BCUT2D eigenvalue weighted by molar-refractivity contribution is 7.99. The van der Waals surface area contributed by atoms with E-state index in [1.54, 1.807) is 0 Å². The fourth-order valence-corrected chi connectivity index (χ4v) is 3.42. The van der Waals surface area contributed by atoms with Crippen molar-refractivity contribution in [1.29, 1.82) is 0 Å². The molecule has 1 fully saturated rings. The van der Waals surface area contributed by atoms with Crippen LogP contribution >= 0.6 is 11.8 Å². The quantitative estimate of drug-likeness (QED) is 0.824. The number of hydrogen-bond acceptors (Lipinski definition) is 3. The van der Waals surface area contributed by atoms with Gasteiger partial charge in [0.05, 0.1) is 11.7 Å². The Balaban J connectivity index is 1.88. The number of likely N-dealkylation sites (N-methyl/N-ethyl adjacent to an activating group) is 1. The van der Waals surface area contributed by atoms with E-state index in [9.17, 15) is 0 Å². The van der Waals surface area contributed by atoms with Crippen molar-refractivity contribution in [3.63, 3.8) is 0 Å². The summed E-state index contributed by atoms with van der Waals surface area (Å²) in [5.41, 5.74) is 1.23. The SMILES string of the molecule is CCSCC(Cc1ccn(C2CCCC2)n1)NC. The van der Waals surface area contributed by atoms with E-state index < -0.39 is 0 Å². The summed E-state index contributed by atoms with van der Waals surface area (Å²) >= 11 is 2.00. The van der Waals surface area contributed by atoms with Crippen LogP contribution in [0.3, 0.4) is 0 Å². The van der Waals surface area contributed by atoms with Crippen LogP contribution in [0, 0.1) is 0 Å². The number of nitrogens with zero attached hydrogens (tertiary/aromatic N) is 2. The third-order valence-electron chi connectivity index (χ3n) is 3.75. The lowest BCUT2D eigenvalue weighted by Gasteiger charge is -2.14. The average molecular weight is 267 g/mol. The minimum Gasteiger partial charge on any atom is -0.316 e. The monoisotopic (exact) mass is 267 g/mol. The minimum absolute atomic E-state index is 0.543. The van der Waals surface area contributed by atoms with Gasteiger partial charge in [0.2, 0.25) is 0 Å². The Bertz CT molecular complexity index is 345. The highest BCUT2D eigenvalue weighted by atomic mass is 32.2. The average Bonchev–Trinajstić information content (AvgIpc) is 3.04. The largest absolute Gasteiger partial charge is 0.316 e. The number of hydrogen-bond donors (Lipinski definition) is 1. The van der Waals surface area contributed by atoms with Gasteiger partial charge in [-0.1, -0.05) is 19.8 Å². The molecular formula is C14H25N3S. The van der Waals surface area contributed by atoms with Crippen LogP contribution in [0.15, 0.2) is 12.3 Å². The van der Waals surface area contributed by atoms with E-state index in [2.05, 4.69) is 36.2 Å². The zero-order valence-corrected chi connectivity index (χ0v) is 12.4. The van der Waals surface area contributed by atoms with E-state index in [0.29, 0.717) is 12.1 Å². The summed E-state index contributed by atoms with van der Waals surface area (Å²) in [7, 11) is 2.05. The van der Waals surface area contributed by atoms with Gasteiger partial charge in [-0.15, -0.1) is 0 Å². The summed E-state index contributed by atoms with van der Waals surface area (Å²) in [5, 5.41) is 8.15. The molecule has 1 aliphatic carbocycles. The van der Waals surface area contributed by atoms with Crippen molar-refractivity contribution in [3.05, 3.63) is 18.0 Å². The molecule has 3 nitrogen and oxygen atoms in total. The lowest BCUT2D eigenvalue weighted by atomic mass is 10.2. The Morgan fingerprint density at radius 1 is 1.50 bits per heavy atom. The van der Waals surface area contributed by atoms with E-state index in [1.807, 2.05) is 11.8 Å². The third-order valence-corrected chi connectivity index (χ3v) is 4.80. The highest BCUT2D eigenvalue weighted by Crippen LogP contribution is 2.28. The topological polar surface area (TPSA) is 29.9 Å². The van der Waals surface area contributed by atoms with Crippen molar-refractivity contribution in [2.24, 2.45) is 0 Å². The van der Waals surface area contributed by atoms with Gasteiger partial charge in [-0.05, 0) is 31.7 Å². The van der Waals surface area contributed by atoms with Gasteiger partial charge in [-0.3, -0.25) is 4.68 Å². The normalized spacial score (nSPS) is 18.3. The first kappa shape index (κ1) is 13.9. The van der Waals surface area contributed by atoms with Crippen LogP contribution in [0.4, 0.5) is 0 Å². The summed E-state index contributed by atoms with van der Waals surface area (Å²) in [6.45, 7) is 2.21. The van der Waals surface area contributed by atoms with Crippen LogP contribution in [0.2, 0.25) is 0 Å². The Kier molecular flexibility index (Phi) is 5.57. The molecule has 0 amide bonds. The summed E-state index contributed by atoms with van der Waals surface area (Å²) < 4.78 is 2.20. The maximum absolute atomic E-state index is 4.76. The summed E-state index contributed by atoms with van der Waals surface area (Å²) in [5.74, 6) is 2.36. The molecule has 1 aromatic heterocycles. The first-order valence-corrected chi connectivity index (χ1v) is 8.28. The molecule has 1 unspecified atom stereocenters. The molecule has 1 N–H and O–H groups in total. The van der Waals surface area contributed by atoms with Crippen molar-refractivity contribution < 1.29 is 0 Å². The molecular weight excluding hydrogens is 242 g/mol. The molecule has 1 atom stereocenters. The summed E-state index contributed by atoms with van der Waals surface area (Å²) in [6, 6.07) is 3.40. The third kappa shape index (κ3) is 3.75. The molecule has 0 radical (unpaired) electrons. The van der Waals surface area contributed by atoms with Crippen molar-refractivity contribution in [3.8, 4) is 0 Å². The maximum atomic E-state index is 4.76. The van der Waals surface area contributed by atoms with Crippen molar-refractivity contribution in [1.82, 2.24) is 15.1 Å². The number of nitrogens with one attached hydrogen (secondary N) is 1. The lowest BCUT2D eigenvalue weighted by molar-refractivity contribution is 0.460. The molecule has 18 heavy (non-hydrogen) atoms. The highest BCUT2D eigenvalue weighted by Gasteiger charge is 2.18. The zero-order chi connectivity index (χ0) is 12.8. The minimum atomic E-state index is 0.543. The molecule has 1 saturated carbocycles. The van der Waals surface area contributed by atoms with Gasteiger partial charge in [0, 0.05) is 24.4 Å². The zero-order valence-electron chi connectivity index (χ0n) is 11.6. The van der Waals surface area contributed by atoms with Gasteiger partial charge >= 0.3 is 0 Å². The molecule has 2 rings (SSSR count). The molecule has 0 spiro atoms. The Morgan fingerprint density at radius 3 is 2.94 bits per heavy atom. The van der Waals surface area contributed by atoms with Crippen LogP contribution in [0.5, 0.6) is 0 Å². The Labute approximate surface area is 115 Å². The van der Waals surface area contributed by atoms with E-state index in [0.717, 1.165) is 6.42 Å². The van der Waals surface area contributed by atoms with Crippen molar-refractivity contribution >= 4 is 11.8 Å².